The summed E-state index contributed by atoms with van der Waals surface area (Å²) in [5.74, 6) is 1.05. The Morgan fingerprint density at radius 3 is 2.76 bits per heavy atom. The highest BCUT2D eigenvalue weighted by molar-refractivity contribution is 5.73. The number of hydrogen-bond acceptors (Lipinski definition) is 3. The quantitative estimate of drug-likeness (QED) is 0.906. The third-order valence-corrected chi connectivity index (χ3v) is 4.07. The lowest BCUT2D eigenvalue weighted by Crippen LogP contribution is -2.49. The normalized spacial score (nSPS) is 17.8. The lowest BCUT2D eigenvalue weighted by molar-refractivity contribution is 0.150. The van der Waals surface area contributed by atoms with Gasteiger partial charge in [0.2, 0.25) is 0 Å². The van der Waals surface area contributed by atoms with E-state index >= 15 is 0 Å². The molecular weight excluding hydrogens is 266 g/mol. The summed E-state index contributed by atoms with van der Waals surface area (Å²) < 4.78 is 5.36. The van der Waals surface area contributed by atoms with Crippen LogP contribution < -0.4 is 5.32 Å². The zero-order valence-electron chi connectivity index (χ0n) is 13.3. The molecule has 1 saturated heterocycles. The van der Waals surface area contributed by atoms with Gasteiger partial charge in [-0.3, -0.25) is 0 Å². The Morgan fingerprint density at radius 2 is 2.19 bits per heavy atom. The average Bonchev–Trinajstić information content (AvgIpc) is 2.98. The van der Waals surface area contributed by atoms with E-state index in [1.165, 1.54) is 0 Å². The summed E-state index contributed by atoms with van der Waals surface area (Å²) in [6, 6.07) is 5.07. The van der Waals surface area contributed by atoms with Gasteiger partial charge in [0.1, 0.15) is 5.76 Å². The topological polar surface area (TPSA) is 48.7 Å². The van der Waals surface area contributed by atoms with Crippen molar-refractivity contribution in [2.24, 2.45) is 0 Å². The second-order valence-corrected chi connectivity index (χ2v) is 6.12. The Balaban J connectivity index is 1.67. The highest BCUT2D eigenvalue weighted by Gasteiger charge is 2.24. The van der Waals surface area contributed by atoms with Crippen LogP contribution in [0.1, 0.15) is 31.9 Å². The van der Waals surface area contributed by atoms with E-state index < -0.39 is 0 Å². The first-order chi connectivity index (χ1) is 10.1. The van der Waals surface area contributed by atoms with Gasteiger partial charge in [-0.05, 0) is 38.3 Å². The summed E-state index contributed by atoms with van der Waals surface area (Å²) in [6.07, 6.45) is 5.84. The number of furan rings is 1. The number of carbonyl (C=O) groups is 1. The maximum absolute atomic E-state index is 11.9. The third-order valence-electron chi connectivity index (χ3n) is 4.07. The summed E-state index contributed by atoms with van der Waals surface area (Å²) in [6.45, 7) is 3.92. The molecule has 0 saturated carbocycles. The number of aryl methyl sites for hydroxylation is 1. The van der Waals surface area contributed by atoms with Crippen molar-refractivity contribution in [1.29, 1.82) is 0 Å². The van der Waals surface area contributed by atoms with Crippen LogP contribution >= 0.6 is 0 Å². The second kappa shape index (κ2) is 7.50. The van der Waals surface area contributed by atoms with Crippen LogP contribution in [0.25, 0.3) is 0 Å². The van der Waals surface area contributed by atoms with Crippen molar-refractivity contribution in [1.82, 2.24) is 15.1 Å². The largest absolute Gasteiger partial charge is 0.469 e. The molecule has 0 spiro atoms. The van der Waals surface area contributed by atoms with Crippen LogP contribution in [0.4, 0.5) is 4.79 Å². The molecule has 0 aliphatic carbocycles. The smallest absolute Gasteiger partial charge is 0.319 e. The number of nitrogens with one attached hydrogen (secondary N) is 1. The van der Waals surface area contributed by atoms with Crippen LogP contribution in [-0.2, 0) is 6.42 Å². The van der Waals surface area contributed by atoms with E-state index in [1.807, 2.05) is 31.1 Å². The van der Waals surface area contributed by atoms with Crippen molar-refractivity contribution in [2.45, 2.75) is 44.7 Å². The van der Waals surface area contributed by atoms with Gasteiger partial charge in [0, 0.05) is 45.7 Å². The number of urea groups is 1. The Kier molecular flexibility index (Phi) is 5.67. The Labute approximate surface area is 127 Å². The SMILES string of the molecule is CC(CCc1ccco1)NC1CCN(C(=O)N(C)C)CC1. The van der Waals surface area contributed by atoms with E-state index in [2.05, 4.69) is 12.2 Å². The maximum Gasteiger partial charge on any atom is 0.319 e. The first-order valence-corrected chi connectivity index (χ1v) is 7.81. The Morgan fingerprint density at radius 1 is 1.48 bits per heavy atom. The molecule has 1 aromatic rings. The molecule has 1 unspecified atom stereocenters. The van der Waals surface area contributed by atoms with Crippen molar-refractivity contribution in [3.63, 3.8) is 0 Å². The van der Waals surface area contributed by atoms with Crippen molar-refractivity contribution >= 4 is 6.03 Å². The predicted molar refractivity (Wildman–Crippen MR) is 83.3 cm³/mol. The molecule has 118 valence electrons. The predicted octanol–water partition coefficient (Wildman–Crippen LogP) is 2.34. The van der Waals surface area contributed by atoms with Crippen molar-refractivity contribution in [3.05, 3.63) is 24.2 Å². The highest BCUT2D eigenvalue weighted by atomic mass is 16.3. The molecule has 2 amide bonds. The molecule has 0 aromatic carbocycles. The fourth-order valence-corrected chi connectivity index (χ4v) is 2.82. The second-order valence-electron chi connectivity index (χ2n) is 6.12. The fourth-order valence-electron chi connectivity index (χ4n) is 2.82. The van der Waals surface area contributed by atoms with Crippen molar-refractivity contribution in [3.8, 4) is 0 Å². The van der Waals surface area contributed by atoms with E-state index in [9.17, 15) is 4.79 Å². The Bertz CT molecular complexity index is 423. The number of piperidine rings is 1. The monoisotopic (exact) mass is 293 g/mol. The van der Waals surface area contributed by atoms with E-state index in [1.54, 1.807) is 11.2 Å². The van der Waals surface area contributed by atoms with E-state index in [0.29, 0.717) is 12.1 Å². The minimum atomic E-state index is 0.124. The van der Waals surface area contributed by atoms with Gasteiger partial charge < -0.3 is 19.5 Å². The lowest BCUT2D eigenvalue weighted by atomic mass is 10.0. The van der Waals surface area contributed by atoms with Gasteiger partial charge in [0.15, 0.2) is 0 Å². The van der Waals surface area contributed by atoms with Crippen LogP contribution in [0.5, 0.6) is 0 Å². The fraction of sp³-hybridized carbons (Fsp3) is 0.688. The summed E-state index contributed by atoms with van der Waals surface area (Å²) in [5.41, 5.74) is 0. The van der Waals surface area contributed by atoms with Gasteiger partial charge in [0.25, 0.3) is 0 Å². The molecule has 1 aliphatic heterocycles. The third kappa shape index (κ3) is 4.77. The number of carbonyl (C=O) groups excluding carboxylic acids is 1. The van der Waals surface area contributed by atoms with Gasteiger partial charge in [-0.2, -0.15) is 0 Å². The summed E-state index contributed by atoms with van der Waals surface area (Å²) in [7, 11) is 3.62. The van der Waals surface area contributed by atoms with Crippen LogP contribution in [-0.4, -0.2) is 55.1 Å². The molecule has 1 aromatic heterocycles. The molecule has 21 heavy (non-hydrogen) atoms. The van der Waals surface area contributed by atoms with E-state index in [4.69, 9.17) is 4.42 Å². The van der Waals surface area contributed by atoms with Gasteiger partial charge in [-0.25, -0.2) is 4.79 Å². The van der Waals surface area contributed by atoms with E-state index in [0.717, 1.165) is 44.5 Å². The molecule has 2 rings (SSSR count). The summed E-state index contributed by atoms with van der Waals surface area (Å²) in [4.78, 5) is 15.5. The molecule has 1 aliphatic rings. The standard InChI is InChI=1S/C16H27N3O2/c1-13(6-7-15-5-4-12-21-15)17-14-8-10-19(11-9-14)16(20)18(2)3/h4-5,12-14,17H,6-11H2,1-3H3. The lowest BCUT2D eigenvalue weighted by Gasteiger charge is -2.35. The molecule has 2 heterocycles. The molecule has 0 radical (unpaired) electrons. The van der Waals surface area contributed by atoms with Gasteiger partial charge in [-0.1, -0.05) is 0 Å². The van der Waals surface area contributed by atoms with Gasteiger partial charge in [0.05, 0.1) is 6.26 Å². The zero-order valence-corrected chi connectivity index (χ0v) is 13.3. The number of likely N-dealkylation sites (tertiary alicyclic amines) is 1. The molecule has 0 bridgehead atoms. The van der Waals surface area contributed by atoms with Gasteiger partial charge in [-0.15, -0.1) is 0 Å². The molecule has 1 fully saturated rings. The molecule has 5 heteroatoms. The van der Waals surface area contributed by atoms with Crippen molar-refractivity contribution < 1.29 is 9.21 Å². The van der Waals surface area contributed by atoms with Crippen LogP contribution in [0.2, 0.25) is 0 Å². The first-order valence-electron chi connectivity index (χ1n) is 7.81. The zero-order chi connectivity index (χ0) is 15.2. The number of hydrogen-bond donors (Lipinski definition) is 1. The molecule has 1 atom stereocenters. The summed E-state index contributed by atoms with van der Waals surface area (Å²) in [5, 5.41) is 3.68. The van der Waals surface area contributed by atoms with Gasteiger partial charge >= 0.3 is 6.03 Å². The number of rotatable bonds is 5. The van der Waals surface area contributed by atoms with Crippen LogP contribution in [0.3, 0.4) is 0 Å². The molecular formula is C16H27N3O2. The number of amides is 2. The van der Waals surface area contributed by atoms with Crippen LogP contribution in [0, 0.1) is 0 Å². The summed E-state index contributed by atoms with van der Waals surface area (Å²) >= 11 is 0. The number of nitrogens with zero attached hydrogens (tertiary/aromatic N) is 2. The molecule has 1 N–H and O–H groups in total. The van der Waals surface area contributed by atoms with Crippen molar-refractivity contribution in [2.75, 3.05) is 27.2 Å². The Hall–Kier alpha value is -1.49. The highest BCUT2D eigenvalue weighted by Crippen LogP contribution is 2.13. The maximum atomic E-state index is 11.9. The van der Waals surface area contributed by atoms with Crippen LogP contribution in [0.15, 0.2) is 22.8 Å². The average molecular weight is 293 g/mol. The molecule has 5 nitrogen and oxygen atoms in total. The minimum absolute atomic E-state index is 0.124. The minimum Gasteiger partial charge on any atom is -0.469 e. The van der Waals surface area contributed by atoms with E-state index in [-0.39, 0.29) is 6.03 Å². The first kappa shape index (κ1) is 15.9.